The molecule has 0 aliphatic carbocycles. The van der Waals surface area contributed by atoms with Gasteiger partial charge in [-0.15, -0.1) is 0 Å². The van der Waals surface area contributed by atoms with E-state index >= 15 is 0 Å². The SMILES string of the molecule is COc1cc([N+](=O)[O-])ccc1NC(=O)/C(C#N)=C\Nc1c(C)cc(C)cc1C. The van der Waals surface area contributed by atoms with Gasteiger partial charge in [0.25, 0.3) is 11.6 Å². The number of nitro benzene ring substituents is 1. The molecule has 0 fully saturated rings. The molecule has 144 valence electrons. The van der Waals surface area contributed by atoms with E-state index in [1.165, 1.54) is 31.5 Å². The Morgan fingerprint density at radius 1 is 1.21 bits per heavy atom. The molecule has 0 aliphatic heterocycles. The molecular weight excluding hydrogens is 360 g/mol. The van der Waals surface area contributed by atoms with Gasteiger partial charge in [-0.3, -0.25) is 14.9 Å². The summed E-state index contributed by atoms with van der Waals surface area (Å²) in [6, 6.07) is 9.63. The Kier molecular flexibility index (Phi) is 6.34. The van der Waals surface area contributed by atoms with Gasteiger partial charge in [0.15, 0.2) is 0 Å². The summed E-state index contributed by atoms with van der Waals surface area (Å²) in [5, 5.41) is 25.7. The minimum Gasteiger partial charge on any atom is -0.494 e. The van der Waals surface area contributed by atoms with Gasteiger partial charge in [-0.1, -0.05) is 17.7 Å². The highest BCUT2D eigenvalue weighted by Crippen LogP contribution is 2.29. The van der Waals surface area contributed by atoms with Gasteiger partial charge in [-0.05, 0) is 38.0 Å². The van der Waals surface area contributed by atoms with Crippen LogP contribution in [-0.2, 0) is 4.79 Å². The first kappa shape index (κ1) is 20.5. The van der Waals surface area contributed by atoms with E-state index in [2.05, 4.69) is 10.6 Å². The summed E-state index contributed by atoms with van der Waals surface area (Å²) in [7, 11) is 1.33. The number of hydrogen-bond acceptors (Lipinski definition) is 6. The summed E-state index contributed by atoms with van der Waals surface area (Å²) in [6.45, 7) is 5.86. The number of benzene rings is 2. The molecule has 8 heteroatoms. The normalized spacial score (nSPS) is 10.8. The number of hydrogen-bond donors (Lipinski definition) is 2. The number of nitrogens with zero attached hydrogens (tertiary/aromatic N) is 2. The lowest BCUT2D eigenvalue weighted by Gasteiger charge is -2.12. The van der Waals surface area contributed by atoms with E-state index in [0.717, 1.165) is 22.4 Å². The second-order valence-corrected chi connectivity index (χ2v) is 6.18. The number of nitriles is 1. The molecule has 0 bridgehead atoms. The summed E-state index contributed by atoms with van der Waals surface area (Å²) in [6.07, 6.45) is 1.33. The van der Waals surface area contributed by atoms with Gasteiger partial charge in [-0.25, -0.2) is 0 Å². The fourth-order valence-corrected chi connectivity index (χ4v) is 2.79. The van der Waals surface area contributed by atoms with Crippen molar-refractivity contribution in [2.45, 2.75) is 20.8 Å². The van der Waals surface area contributed by atoms with Gasteiger partial charge in [0.2, 0.25) is 0 Å². The third-order valence-electron chi connectivity index (χ3n) is 4.05. The summed E-state index contributed by atoms with van der Waals surface area (Å²) in [5.74, 6) is -0.539. The van der Waals surface area contributed by atoms with Crippen molar-refractivity contribution < 1.29 is 14.5 Å². The minimum atomic E-state index is -0.662. The highest BCUT2D eigenvalue weighted by molar-refractivity contribution is 6.07. The van der Waals surface area contributed by atoms with E-state index in [1.807, 2.05) is 39.0 Å². The standard InChI is InChI=1S/C20H20N4O4/c1-12-7-13(2)19(14(3)8-12)22-11-15(10-21)20(25)23-17-6-5-16(24(26)27)9-18(17)28-4/h5-9,11,22H,1-4H3,(H,23,25)/b15-11-. The number of amides is 1. The average molecular weight is 380 g/mol. The number of carbonyl (C=O) groups excluding carboxylic acids is 1. The highest BCUT2D eigenvalue weighted by Gasteiger charge is 2.16. The van der Waals surface area contributed by atoms with Crippen LogP contribution in [0.4, 0.5) is 17.1 Å². The zero-order chi connectivity index (χ0) is 20.8. The van der Waals surface area contributed by atoms with Gasteiger partial charge in [0.1, 0.15) is 17.4 Å². The molecule has 0 atom stereocenters. The van der Waals surface area contributed by atoms with Crippen molar-refractivity contribution in [1.82, 2.24) is 0 Å². The lowest BCUT2D eigenvalue weighted by molar-refractivity contribution is -0.384. The second-order valence-electron chi connectivity index (χ2n) is 6.18. The molecule has 2 aromatic carbocycles. The monoisotopic (exact) mass is 380 g/mol. The van der Waals surface area contributed by atoms with Gasteiger partial charge >= 0.3 is 0 Å². The molecule has 2 N–H and O–H groups in total. The topological polar surface area (TPSA) is 117 Å². The maximum absolute atomic E-state index is 12.4. The van der Waals surface area contributed by atoms with Crippen LogP contribution < -0.4 is 15.4 Å². The lowest BCUT2D eigenvalue weighted by Crippen LogP contribution is -2.15. The van der Waals surface area contributed by atoms with Crippen molar-refractivity contribution in [1.29, 1.82) is 5.26 Å². The maximum Gasteiger partial charge on any atom is 0.273 e. The van der Waals surface area contributed by atoms with Gasteiger partial charge in [0, 0.05) is 18.0 Å². The predicted octanol–water partition coefficient (Wildman–Crippen LogP) is 3.99. The molecule has 1 amide bonds. The Bertz CT molecular complexity index is 983. The quantitative estimate of drug-likeness (QED) is 0.339. The number of rotatable bonds is 6. The molecule has 0 unspecified atom stereocenters. The molecule has 0 heterocycles. The molecule has 0 radical (unpaired) electrons. The van der Waals surface area contributed by atoms with Gasteiger partial charge in [-0.2, -0.15) is 5.26 Å². The predicted molar refractivity (Wildman–Crippen MR) is 106 cm³/mol. The number of methoxy groups -OCH3 is 1. The molecule has 28 heavy (non-hydrogen) atoms. The number of non-ortho nitro benzene ring substituents is 1. The van der Waals surface area contributed by atoms with Crippen LogP contribution in [0.5, 0.6) is 5.75 Å². The second kappa shape index (κ2) is 8.68. The molecular formula is C20H20N4O4. The summed E-state index contributed by atoms with van der Waals surface area (Å²) >= 11 is 0. The van der Waals surface area contributed by atoms with Crippen LogP contribution in [0, 0.1) is 42.2 Å². The number of nitro groups is 1. The van der Waals surface area contributed by atoms with Crippen LogP contribution >= 0.6 is 0 Å². The van der Waals surface area contributed by atoms with E-state index in [1.54, 1.807) is 0 Å². The van der Waals surface area contributed by atoms with Gasteiger partial charge < -0.3 is 15.4 Å². The number of ether oxygens (including phenoxy) is 1. The van der Waals surface area contributed by atoms with E-state index in [4.69, 9.17) is 4.74 Å². The van der Waals surface area contributed by atoms with Crippen molar-refractivity contribution in [3.8, 4) is 11.8 Å². The Morgan fingerprint density at radius 2 is 1.86 bits per heavy atom. The third-order valence-corrected chi connectivity index (χ3v) is 4.05. The average Bonchev–Trinajstić information content (AvgIpc) is 2.63. The maximum atomic E-state index is 12.4. The molecule has 0 aromatic heterocycles. The first-order valence-electron chi connectivity index (χ1n) is 8.35. The van der Waals surface area contributed by atoms with Crippen LogP contribution in [0.25, 0.3) is 0 Å². The van der Waals surface area contributed by atoms with Crippen LogP contribution in [-0.4, -0.2) is 17.9 Å². The molecule has 0 saturated heterocycles. The highest BCUT2D eigenvalue weighted by atomic mass is 16.6. The van der Waals surface area contributed by atoms with Crippen LogP contribution in [0.1, 0.15) is 16.7 Å². The smallest absolute Gasteiger partial charge is 0.273 e. The Labute approximate surface area is 162 Å². The number of nitrogens with one attached hydrogen (secondary N) is 2. The van der Waals surface area contributed by atoms with Crippen molar-refractivity contribution >= 4 is 23.0 Å². The van der Waals surface area contributed by atoms with Gasteiger partial charge in [0.05, 0.1) is 23.8 Å². The van der Waals surface area contributed by atoms with Crippen molar-refractivity contribution in [2.75, 3.05) is 17.7 Å². The van der Waals surface area contributed by atoms with E-state index in [9.17, 15) is 20.2 Å². The summed E-state index contributed by atoms with van der Waals surface area (Å²) < 4.78 is 5.09. The zero-order valence-electron chi connectivity index (χ0n) is 16.0. The van der Waals surface area contributed by atoms with E-state index in [0.29, 0.717) is 0 Å². The van der Waals surface area contributed by atoms with E-state index < -0.39 is 10.8 Å². The van der Waals surface area contributed by atoms with Crippen LogP contribution in [0.3, 0.4) is 0 Å². The summed E-state index contributed by atoms with van der Waals surface area (Å²) in [5.41, 5.74) is 3.82. The fourth-order valence-electron chi connectivity index (χ4n) is 2.79. The lowest BCUT2D eigenvalue weighted by atomic mass is 10.1. The van der Waals surface area contributed by atoms with Crippen molar-refractivity contribution in [2.24, 2.45) is 0 Å². The van der Waals surface area contributed by atoms with Crippen LogP contribution in [0.2, 0.25) is 0 Å². The molecule has 0 saturated carbocycles. The molecule has 2 rings (SSSR count). The first-order valence-corrected chi connectivity index (χ1v) is 8.35. The van der Waals surface area contributed by atoms with Crippen molar-refractivity contribution in [3.05, 3.63) is 68.9 Å². The van der Waals surface area contributed by atoms with Crippen LogP contribution in [0.15, 0.2) is 42.1 Å². The molecule has 8 nitrogen and oxygen atoms in total. The molecule has 2 aromatic rings. The Balaban J connectivity index is 2.24. The number of anilines is 2. The van der Waals surface area contributed by atoms with Crippen molar-refractivity contribution in [3.63, 3.8) is 0 Å². The fraction of sp³-hybridized carbons (Fsp3) is 0.200. The minimum absolute atomic E-state index is 0.123. The zero-order valence-corrected chi connectivity index (χ0v) is 16.0. The van der Waals surface area contributed by atoms with E-state index in [-0.39, 0.29) is 22.7 Å². The first-order chi connectivity index (χ1) is 13.3. The molecule has 0 aliphatic rings. The summed E-state index contributed by atoms with van der Waals surface area (Å²) in [4.78, 5) is 22.7. The third kappa shape index (κ3) is 4.65. The Morgan fingerprint density at radius 3 is 2.39 bits per heavy atom. The number of carbonyl (C=O) groups is 1. The molecule has 0 spiro atoms. The Hall–Kier alpha value is -3.86. The largest absolute Gasteiger partial charge is 0.494 e. The number of aryl methyl sites for hydroxylation is 3.